The van der Waals surface area contributed by atoms with Gasteiger partial charge in [-0.15, -0.1) is 24.0 Å². The highest BCUT2D eigenvalue weighted by molar-refractivity contribution is 14.0. The number of anilines is 1. The van der Waals surface area contributed by atoms with Crippen molar-refractivity contribution in [2.24, 2.45) is 10.7 Å². The molecule has 1 aliphatic carbocycles. The Hall–Kier alpha value is -0.980. The molecule has 0 radical (unpaired) electrons. The molecule has 1 saturated carbocycles. The van der Waals surface area contributed by atoms with Crippen LogP contribution in [-0.2, 0) is 0 Å². The van der Waals surface area contributed by atoms with Gasteiger partial charge in [0.15, 0.2) is 5.96 Å². The van der Waals surface area contributed by atoms with Gasteiger partial charge in [0, 0.05) is 11.8 Å². The number of nitrogens with zero attached hydrogens (tertiary/aromatic N) is 1. The van der Waals surface area contributed by atoms with E-state index in [0.29, 0.717) is 12.0 Å². The van der Waals surface area contributed by atoms with E-state index in [0.717, 1.165) is 24.3 Å². The summed E-state index contributed by atoms with van der Waals surface area (Å²) in [6.45, 7) is 0. The van der Waals surface area contributed by atoms with Crippen molar-refractivity contribution < 1.29 is 4.74 Å². The Kier molecular flexibility index (Phi) is 5.54. The highest BCUT2D eigenvalue weighted by Crippen LogP contribution is 2.22. The molecule has 0 spiro atoms. The van der Waals surface area contributed by atoms with E-state index in [9.17, 15) is 0 Å². The van der Waals surface area contributed by atoms with Crippen molar-refractivity contribution in [2.45, 2.75) is 25.3 Å². The quantitative estimate of drug-likeness (QED) is 0.502. The first-order valence-electron chi connectivity index (χ1n) is 5.52. The van der Waals surface area contributed by atoms with E-state index in [1.54, 1.807) is 7.11 Å². The lowest BCUT2D eigenvalue weighted by molar-refractivity contribution is 0.415. The predicted molar refractivity (Wildman–Crippen MR) is 81.3 cm³/mol. The Bertz CT molecular complexity index is 391. The molecule has 0 aliphatic heterocycles. The first-order chi connectivity index (χ1) is 7.78. The molecule has 17 heavy (non-hydrogen) atoms. The van der Waals surface area contributed by atoms with E-state index >= 15 is 0 Å². The second-order valence-electron chi connectivity index (χ2n) is 3.96. The fourth-order valence-corrected chi connectivity index (χ4v) is 1.59. The lowest BCUT2D eigenvalue weighted by Gasteiger charge is -2.21. The zero-order chi connectivity index (χ0) is 11.4. The summed E-state index contributed by atoms with van der Waals surface area (Å²) in [7, 11) is 1.64. The normalized spacial score (nSPS) is 15.7. The predicted octanol–water partition coefficient (Wildman–Crippen LogP) is 2.59. The Morgan fingerprint density at radius 1 is 1.47 bits per heavy atom. The summed E-state index contributed by atoms with van der Waals surface area (Å²) in [5, 5.41) is 3.06. The van der Waals surface area contributed by atoms with Crippen molar-refractivity contribution in [2.75, 3.05) is 12.4 Å². The fraction of sp³-hybridized carbons (Fsp3) is 0.417. The molecule has 0 heterocycles. The van der Waals surface area contributed by atoms with Crippen LogP contribution in [0, 0.1) is 0 Å². The molecule has 0 saturated heterocycles. The molecule has 0 unspecified atom stereocenters. The molecule has 0 amide bonds. The van der Waals surface area contributed by atoms with Gasteiger partial charge in [-0.2, -0.15) is 0 Å². The van der Waals surface area contributed by atoms with Gasteiger partial charge in [-0.3, -0.25) is 0 Å². The summed E-state index contributed by atoms with van der Waals surface area (Å²) < 4.78 is 5.13. The molecule has 4 nitrogen and oxygen atoms in total. The average molecular weight is 347 g/mol. The molecule has 3 N–H and O–H groups in total. The average Bonchev–Trinajstić information content (AvgIpc) is 2.24. The number of nitrogens with two attached hydrogens (primary N) is 1. The summed E-state index contributed by atoms with van der Waals surface area (Å²) in [4.78, 5) is 4.38. The summed E-state index contributed by atoms with van der Waals surface area (Å²) in [6.07, 6.45) is 3.57. The number of hydrogen-bond acceptors (Lipinski definition) is 2. The van der Waals surface area contributed by atoms with Gasteiger partial charge >= 0.3 is 0 Å². The summed E-state index contributed by atoms with van der Waals surface area (Å²) >= 11 is 0. The maximum atomic E-state index is 5.81. The molecule has 0 aromatic heterocycles. The van der Waals surface area contributed by atoms with Crippen LogP contribution >= 0.6 is 24.0 Å². The second kappa shape index (κ2) is 6.68. The molecule has 5 heteroatoms. The Labute approximate surface area is 119 Å². The van der Waals surface area contributed by atoms with Crippen LogP contribution in [0.25, 0.3) is 0 Å². The van der Waals surface area contributed by atoms with Crippen LogP contribution in [-0.4, -0.2) is 19.1 Å². The van der Waals surface area contributed by atoms with Crippen molar-refractivity contribution in [3.8, 4) is 5.75 Å². The number of methoxy groups -OCH3 is 1. The largest absolute Gasteiger partial charge is 0.497 e. The number of guanidine groups is 1. The number of rotatable bonds is 3. The third kappa shape index (κ3) is 4.07. The minimum Gasteiger partial charge on any atom is -0.497 e. The van der Waals surface area contributed by atoms with Crippen LogP contribution in [0.4, 0.5) is 5.69 Å². The van der Waals surface area contributed by atoms with Gasteiger partial charge in [0.25, 0.3) is 0 Å². The van der Waals surface area contributed by atoms with Crippen LogP contribution in [0.15, 0.2) is 29.3 Å². The Balaban J connectivity index is 0.00000144. The fourth-order valence-electron chi connectivity index (χ4n) is 1.59. The van der Waals surface area contributed by atoms with E-state index in [-0.39, 0.29) is 24.0 Å². The van der Waals surface area contributed by atoms with Gasteiger partial charge in [-0.25, -0.2) is 4.99 Å². The topological polar surface area (TPSA) is 59.6 Å². The number of nitrogens with one attached hydrogen (secondary N) is 1. The summed E-state index contributed by atoms with van der Waals surface area (Å²) in [6, 6.07) is 8.05. The Morgan fingerprint density at radius 3 is 2.82 bits per heavy atom. The minimum atomic E-state index is 0. The smallest absolute Gasteiger partial charge is 0.193 e. The zero-order valence-corrected chi connectivity index (χ0v) is 12.2. The van der Waals surface area contributed by atoms with Crippen molar-refractivity contribution in [1.29, 1.82) is 0 Å². The van der Waals surface area contributed by atoms with Gasteiger partial charge in [-0.1, -0.05) is 6.07 Å². The van der Waals surface area contributed by atoms with E-state index in [4.69, 9.17) is 10.5 Å². The van der Waals surface area contributed by atoms with E-state index < -0.39 is 0 Å². The first kappa shape index (κ1) is 14.1. The van der Waals surface area contributed by atoms with Gasteiger partial charge in [-0.05, 0) is 31.4 Å². The van der Waals surface area contributed by atoms with Gasteiger partial charge in [0.1, 0.15) is 5.75 Å². The number of hydrogen-bond donors (Lipinski definition) is 2. The van der Waals surface area contributed by atoms with Crippen LogP contribution in [0.5, 0.6) is 5.75 Å². The maximum Gasteiger partial charge on any atom is 0.193 e. The molecule has 0 atom stereocenters. The highest BCUT2D eigenvalue weighted by Gasteiger charge is 2.16. The van der Waals surface area contributed by atoms with Crippen molar-refractivity contribution in [1.82, 2.24) is 0 Å². The van der Waals surface area contributed by atoms with E-state index in [2.05, 4.69) is 10.3 Å². The van der Waals surface area contributed by atoms with Crippen LogP contribution in [0.3, 0.4) is 0 Å². The SMILES string of the molecule is COc1cccc(NC(N)=NC2CCC2)c1.I. The third-order valence-corrected chi connectivity index (χ3v) is 2.74. The standard InChI is InChI=1S/C12H17N3O.HI/c1-16-11-7-3-6-10(8-11)15-12(13)14-9-4-2-5-9;/h3,6-9H,2,4-5H2,1H3,(H3,13,14,15);1H. The number of benzene rings is 1. The molecular formula is C12H18IN3O. The number of aliphatic imine (C=N–C) groups is 1. The molecule has 0 bridgehead atoms. The molecule has 1 aliphatic rings. The first-order valence-corrected chi connectivity index (χ1v) is 5.52. The van der Waals surface area contributed by atoms with Crippen LogP contribution in [0.2, 0.25) is 0 Å². The summed E-state index contributed by atoms with van der Waals surface area (Å²) in [5.41, 5.74) is 6.71. The van der Waals surface area contributed by atoms with E-state index in [1.165, 1.54) is 6.42 Å². The van der Waals surface area contributed by atoms with Crippen molar-refractivity contribution in [3.63, 3.8) is 0 Å². The lowest BCUT2D eigenvalue weighted by Crippen LogP contribution is -2.27. The third-order valence-electron chi connectivity index (χ3n) is 2.74. The number of halogens is 1. The number of ether oxygens (including phenoxy) is 1. The zero-order valence-electron chi connectivity index (χ0n) is 9.85. The van der Waals surface area contributed by atoms with Crippen molar-refractivity contribution in [3.05, 3.63) is 24.3 Å². The van der Waals surface area contributed by atoms with E-state index in [1.807, 2.05) is 24.3 Å². The maximum absolute atomic E-state index is 5.81. The minimum absolute atomic E-state index is 0. The van der Waals surface area contributed by atoms with Gasteiger partial charge < -0.3 is 15.8 Å². The van der Waals surface area contributed by atoms with Gasteiger partial charge in [0.2, 0.25) is 0 Å². The van der Waals surface area contributed by atoms with Crippen LogP contribution < -0.4 is 15.8 Å². The molecule has 1 aromatic rings. The second-order valence-corrected chi connectivity index (χ2v) is 3.96. The highest BCUT2D eigenvalue weighted by atomic mass is 127. The molecule has 1 aromatic carbocycles. The summed E-state index contributed by atoms with van der Waals surface area (Å²) in [5.74, 6) is 1.29. The Morgan fingerprint density at radius 2 is 2.24 bits per heavy atom. The lowest BCUT2D eigenvalue weighted by atomic mass is 9.94. The molecule has 1 fully saturated rings. The van der Waals surface area contributed by atoms with Crippen LogP contribution in [0.1, 0.15) is 19.3 Å². The van der Waals surface area contributed by atoms with Gasteiger partial charge in [0.05, 0.1) is 13.2 Å². The molecular weight excluding hydrogens is 329 g/mol. The molecule has 94 valence electrons. The monoisotopic (exact) mass is 347 g/mol. The molecule has 2 rings (SSSR count). The van der Waals surface area contributed by atoms with Crippen molar-refractivity contribution >= 4 is 35.6 Å².